The predicted molar refractivity (Wildman–Crippen MR) is 65.8 cm³/mol. The van der Waals surface area contributed by atoms with Crippen LogP contribution in [0.1, 0.15) is 19.4 Å². The molecule has 0 aromatic heterocycles. The van der Waals surface area contributed by atoms with Crippen molar-refractivity contribution in [3.63, 3.8) is 0 Å². The Balaban J connectivity index is 2.51. The summed E-state index contributed by atoms with van der Waals surface area (Å²) in [5.74, 6) is 0.636. The molecule has 0 aliphatic carbocycles. The monoisotopic (exact) mass is 206 g/mol. The molecule has 0 radical (unpaired) electrons. The quantitative estimate of drug-likeness (QED) is 0.745. The van der Waals surface area contributed by atoms with Gasteiger partial charge in [0, 0.05) is 19.1 Å². The zero-order chi connectivity index (χ0) is 11.1. The summed E-state index contributed by atoms with van der Waals surface area (Å²) in [6, 6.07) is 11.1. The van der Waals surface area contributed by atoms with Crippen molar-refractivity contribution >= 4 is 0 Å². The van der Waals surface area contributed by atoms with Gasteiger partial charge in [0.15, 0.2) is 0 Å². The van der Waals surface area contributed by atoms with Gasteiger partial charge in [-0.25, -0.2) is 0 Å². The molecule has 2 heteroatoms. The summed E-state index contributed by atoms with van der Waals surface area (Å²) in [5.41, 5.74) is 6.90. The van der Waals surface area contributed by atoms with Crippen LogP contribution >= 0.6 is 0 Å². The molecule has 0 fully saturated rings. The number of benzene rings is 1. The first-order valence-corrected chi connectivity index (χ1v) is 5.71. The Morgan fingerprint density at radius 1 is 1.20 bits per heavy atom. The van der Waals surface area contributed by atoms with E-state index in [4.69, 9.17) is 5.73 Å². The highest BCUT2D eigenvalue weighted by Crippen LogP contribution is 2.09. The number of rotatable bonds is 6. The Hall–Kier alpha value is -0.860. The molecule has 0 saturated carbocycles. The lowest BCUT2D eigenvalue weighted by atomic mass is 9.96. The van der Waals surface area contributed by atoms with E-state index < -0.39 is 0 Å². The summed E-state index contributed by atoms with van der Waals surface area (Å²) in [4.78, 5) is 0. The molecule has 0 saturated heterocycles. The molecule has 2 nitrogen and oxygen atoms in total. The predicted octanol–water partition coefficient (Wildman–Crippen LogP) is 1.80. The minimum atomic E-state index is 0.524. The standard InChI is InChI=1S/C13H22N2/c1-11(2)13(15-9-8-14)10-12-6-4-3-5-7-12/h3-7,11,13,15H,8-10,14H2,1-2H3. The molecular weight excluding hydrogens is 184 g/mol. The normalized spacial score (nSPS) is 13.1. The minimum absolute atomic E-state index is 0.524. The van der Waals surface area contributed by atoms with E-state index in [1.54, 1.807) is 0 Å². The van der Waals surface area contributed by atoms with Crippen molar-refractivity contribution in [2.45, 2.75) is 26.3 Å². The third kappa shape index (κ3) is 4.45. The third-order valence-electron chi connectivity index (χ3n) is 2.65. The molecule has 15 heavy (non-hydrogen) atoms. The number of nitrogens with one attached hydrogen (secondary N) is 1. The van der Waals surface area contributed by atoms with Crippen LogP contribution in [0.4, 0.5) is 0 Å². The first kappa shape index (κ1) is 12.2. The van der Waals surface area contributed by atoms with Crippen LogP contribution in [0.5, 0.6) is 0 Å². The maximum Gasteiger partial charge on any atom is 0.0131 e. The molecule has 1 atom stereocenters. The molecule has 0 aliphatic rings. The van der Waals surface area contributed by atoms with Crippen molar-refractivity contribution in [3.8, 4) is 0 Å². The summed E-state index contributed by atoms with van der Waals surface area (Å²) in [5, 5.41) is 3.49. The first-order chi connectivity index (χ1) is 7.24. The second kappa shape index (κ2) is 6.59. The summed E-state index contributed by atoms with van der Waals surface area (Å²) >= 11 is 0. The number of hydrogen-bond donors (Lipinski definition) is 2. The smallest absolute Gasteiger partial charge is 0.0131 e. The molecule has 1 unspecified atom stereocenters. The Bertz CT molecular complexity index is 256. The van der Waals surface area contributed by atoms with Crippen LogP contribution in [0.2, 0.25) is 0 Å². The molecular formula is C13H22N2. The summed E-state index contributed by atoms with van der Waals surface area (Å²) in [7, 11) is 0. The highest BCUT2D eigenvalue weighted by molar-refractivity contribution is 5.16. The van der Waals surface area contributed by atoms with E-state index >= 15 is 0 Å². The molecule has 0 bridgehead atoms. The first-order valence-electron chi connectivity index (χ1n) is 5.71. The molecule has 3 N–H and O–H groups in total. The van der Waals surface area contributed by atoms with Crippen LogP contribution in [-0.4, -0.2) is 19.1 Å². The van der Waals surface area contributed by atoms with E-state index in [9.17, 15) is 0 Å². The fourth-order valence-corrected chi connectivity index (χ4v) is 1.68. The van der Waals surface area contributed by atoms with Crippen molar-refractivity contribution in [1.29, 1.82) is 0 Å². The lowest BCUT2D eigenvalue weighted by molar-refractivity contribution is 0.401. The maximum atomic E-state index is 5.51. The van der Waals surface area contributed by atoms with Crippen LogP contribution < -0.4 is 11.1 Å². The molecule has 1 aromatic rings. The fraction of sp³-hybridized carbons (Fsp3) is 0.538. The summed E-state index contributed by atoms with van der Waals surface area (Å²) < 4.78 is 0. The van der Waals surface area contributed by atoms with Gasteiger partial charge in [0.1, 0.15) is 0 Å². The van der Waals surface area contributed by atoms with E-state index in [2.05, 4.69) is 49.5 Å². The second-order valence-electron chi connectivity index (χ2n) is 4.28. The Morgan fingerprint density at radius 3 is 2.40 bits per heavy atom. The van der Waals surface area contributed by atoms with Crippen molar-refractivity contribution in [2.24, 2.45) is 11.7 Å². The van der Waals surface area contributed by atoms with E-state index in [0.717, 1.165) is 13.0 Å². The van der Waals surface area contributed by atoms with E-state index in [-0.39, 0.29) is 0 Å². The lowest BCUT2D eigenvalue weighted by Gasteiger charge is -2.22. The number of hydrogen-bond acceptors (Lipinski definition) is 2. The van der Waals surface area contributed by atoms with Gasteiger partial charge in [-0.05, 0) is 17.9 Å². The van der Waals surface area contributed by atoms with Crippen LogP contribution in [-0.2, 0) is 6.42 Å². The molecule has 0 spiro atoms. The van der Waals surface area contributed by atoms with Crippen molar-refractivity contribution in [2.75, 3.05) is 13.1 Å². The van der Waals surface area contributed by atoms with E-state index in [1.165, 1.54) is 5.56 Å². The highest BCUT2D eigenvalue weighted by Gasteiger charge is 2.12. The van der Waals surface area contributed by atoms with Gasteiger partial charge >= 0.3 is 0 Å². The number of nitrogens with two attached hydrogens (primary N) is 1. The van der Waals surface area contributed by atoms with Gasteiger partial charge in [0.05, 0.1) is 0 Å². The fourth-order valence-electron chi connectivity index (χ4n) is 1.68. The average Bonchev–Trinajstić information content (AvgIpc) is 2.25. The zero-order valence-corrected chi connectivity index (χ0v) is 9.74. The van der Waals surface area contributed by atoms with E-state index in [0.29, 0.717) is 18.5 Å². The highest BCUT2D eigenvalue weighted by atomic mass is 14.9. The molecule has 1 aromatic carbocycles. The van der Waals surface area contributed by atoms with Gasteiger partial charge in [-0.15, -0.1) is 0 Å². The van der Waals surface area contributed by atoms with Crippen molar-refractivity contribution in [3.05, 3.63) is 35.9 Å². The van der Waals surface area contributed by atoms with E-state index in [1.807, 2.05) is 0 Å². The lowest BCUT2D eigenvalue weighted by Crippen LogP contribution is -2.38. The maximum absolute atomic E-state index is 5.51. The SMILES string of the molecule is CC(C)C(Cc1ccccc1)NCCN. The minimum Gasteiger partial charge on any atom is -0.329 e. The third-order valence-corrected chi connectivity index (χ3v) is 2.65. The van der Waals surface area contributed by atoms with Gasteiger partial charge in [-0.1, -0.05) is 44.2 Å². The summed E-state index contributed by atoms with van der Waals surface area (Å²) in [6.07, 6.45) is 1.08. The zero-order valence-electron chi connectivity index (χ0n) is 9.74. The topological polar surface area (TPSA) is 38.0 Å². The average molecular weight is 206 g/mol. The molecule has 1 rings (SSSR count). The van der Waals surface area contributed by atoms with Gasteiger partial charge in [0.2, 0.25) is 0 Å². The van der Waals surface area contributed by atoms with Gasteiger partial charge in [0.25, 0.3) is 0 Å². The van der Waals surface area contributed by atoms with Crippen LogP contribution in [0.25, 0.3) is 0 Å². The largest absolute Gasteiger partial charge is 0.329 e. The van der Waals surface area contributed by atoms with Crippen LogP contribution in [0.3, 0.4) is 0 Å². The Morgan fingerprint density at radius 2 is 1.87 bits per heavy atom. The van der Waals surface area contributed by atoms with Crippen LogP contribution in [0, 0.1) is 5.92 Å². The molecule has 0 amide bonds. The summed E-state index contributed by atoms with van der Waals surface area (Å²) in [6.45, 7) is 6.10. The Kier molecular flexibility index (Phi) is 5.37. The van der Waals surface area contributed by atoms with Crippen molar-refractivity contribution in [1.82, 2.24) is 5.32 Å². The molecule has 84 valence electrons. The molecule has 0 heterocycles. The van der Waals surface area contributed by atoms with Gasteiger partial charge in [-0.2, -0.15) is 0 Å². The molecule has 0 aliphatic heterocycles. The van der Waals surface area contributed by atoms with Gasteiger partial charge < -0.3 is 11.1 Å². The van der Waals surface area contributed by atoms with Gasteiger partial charge in [-0.3, -0.25) is 0 Å². The van der Waals surface area contributed by atoms with Crippen molar-refractivity contribution < 1.29 is 0 Å². The van der Waals surface area contributed by atoms with Crippen LogP contribution in [0.15, 0.2) is 30.3 Å². The second-order valence-corrected chi connectivity index (χ2v) is 4.28. The Labute approximate surface area is 92.9 Å².